The van der Waals surface area contributed by atoms with Gasteiger partial charge in [-0.25, -0.2) is 9.59 Å². The molecule has 31 heavy (non-hydrogen) atoms. The monoisotopic (exact) mass is 430 g/mol. The van der Waals surface area contributed by atoms with Crippen molar-refractivity contribution >= 4 is 29.5 Å². The summed E-state index contributed by atoms with van der Waals surface area (Å²) in [6.07, 6.45) is 2.17. The molecule has 1 saturated carbocycles. The van der Waals surface area contributed by atoms with Crippen LogP contribution in [0.15, 0.2) is 10.5 Å². The quantitative estimate of drug-likeness (QED) is 0.503. The van der Waals surface area contributed by atoms with E-state index in [1.54, 1.807) is 13.0 Å². The van der Waals surface area contributed by atoms with Crippen LogP contribution < -0.4 is 5.32 Å². The van der Waals surface area contributed by atoms with Gasteiger partial charge in [0.05, 0.1) is 17.7 Å². The number of carbonyl (C=O) groups is 4. The smallest absolute Gasteiger partial charge is 0.344 e. The highest BCUT2D eigenvalue weighted by molar-refractivity contribution is 6.10. The van der Waals surface area contributed by atoms with E-state index in [1.165, 1.54) is 13.8 Å². The Morgan fingerprint density at radius 3 is 2.35 bits per heavy atom. The average molecular weight is 430 g/mol. The third kappa shape index (κ3) is 4.55. The van der Waals surface area contributed by atoms with Crippen LogP contribution in [0.2, 0.25) is 0 Å². The van der Waals surface area contributed by atoms with E-state index >= 15 is 0 Å². The molecule has 2 aromatic rings. The average Bonchev–Trinajstić information content (AvgIpc) is 3.40. The fraction of sp³-hybridized carbons (Fsp3) is 0.455. The minimum absolute atomic E-state index is 0.0401. The Kier molecular flexibility index (Phi) is 6.33. The molecule has 0 radical (unpaired) electrons. The Bertz CT molecular complexity index is 1060. The summed E-state index contributed by atoms with van der Waals surface area (Å²) in [5.41, 5.74) is 2.08. The molecule has 0 bridgehead atoms. The largest absolute Gasteiger partial charge is 0.462 e. The summed E-state index contributed by atoms with van der Waals surface area (Å²) in [6, 6.07) is 2.17. The van der Waals surface area contributed by atoms with E-state index in [0.29, 0.717) is 11.6 Å². The van der Waals surface area contributed by atoms with E-state index in [9.17, 15) is 19.2 Å². The highest BCUT2D eigenvalue weighted by atomic mass is 16.5. The van der Waals surface area contributed by atoms with Gasteiger partial charge in [0.15, 0.2) is 12.4 Å². The molecule has 1 amide bonds. The van der Waals surface area contributed by atoms with E-state index in [4.69, 9.17) is 13.9 Å². The molecule has 1 aliphatic rings. The van der Waals surface area contributed by atoms with E-state index in [0.717, 1.165) is 24.2 Å². The van der Waals surface area contributed by atoms with Crippen molar-refractivity contribution in [1.82, 2.24) is 4.57 Å². The number of Topliss-reactive ketones (excluding diaryl/α,β-unsaturated/α-hetero) is 1. The van der Waals surface area contributed by atoms with E-state index in [1.807, 2.05) is 13.8 Å². The Morgan fingerprint density at radius 1 is 1.10 bits per heavy atom. The van der Waals surface area contributed by atoms with Gasteiger partial charge >= 0.3 is 11.9 Å². The van der Waals surface area contributed by atoms with Crippen molar-refractivity contribution in [1.29, 1.82) is 0 Å². The molecule has 9 heteroatoms. The minimum Gasteiger partial charge on any atom is -0.462 e. The topological polar surface area (TPSA) is 117 Å². The number of esters is 2. The lowest BCUT2D eigenvalue weighted by Crippen LogP contribution is -2.22. The molecule has 1 fully saturated rings. The van der Waals surface area contributed by atoms with Gasteiger partial charge < -0.3 is 18.5 Å². The number of amides is 1. The lowest BCUT2D eigenvalue weighted by atomic mass is 10.1. The second-order valence-electron chi connectivity index (χ2n) is 7.52. The Morgan fingerprint density at radius 2 is 1.77 bits per heavy atom. The first-order valence-electron chi connectivity index (χ1n) is 10.1. The first-order chi connectivity index (χ1) is 14.6. The number of aryl methyl sites for hydroxylation is 2. The standard InChI is InChI=1S/C22H26N2O7/c1-6-29-22(28)19-18(13(4)25)14(5)31-20(19)23-17(26)10-30-21(27)16-9-11(2)24(12(16)3)15-7-8-15/h9,15H,6-8,10H2,1-5H3,(H,23,26). The molecule has 0 atom stereocenters. The lowest BCUT2D eigenvalue weighted by Gasteiger charge is -2.08. The van der Waals surface area contributed by atoms with E-state index < -0.39 is 30.2 Å². The zero-order valence-corrected chi connectivity index (χ0v) is 18.3. The maximum Gasteiger partial charge on any atom is 0.344 e. The number of carbonyl (C=O) groups excluding carboxylic acids is 4. The third-order valence-electron chi connectivity index (χ3n) is 5.12. The number of furan rings is 1. The summed E-state index contributed by atoms with van der Waals surface area (Å²) in [5.74, 6) is -2.55. The number of hydrogen-bond acceptors (Lipinski definition) is 7. The molecule has 1 N–H and O–H groups in total. The van der Waals surface area contributed by atoms with Gasteiger partial charge in [-0.05, 0) is 53.5 Å². The van der Waals surface area contributed by atoms with Crippen LogP contribution in [0.3, 0.4) is 0 Å². The lowest BCUT2D eigenvalue weighted by molar-refractivity contribution is -0.119. The number of ether oxygens (including phenoxy) is 2. The first-order valence-corrected chi connectivity index (χ1v) is 10.1. The van der Waals surface area contributed by atoms with Crippen LogP contribution in [0.4, 0.5) is 5.88 Å². The van der Waals surface area contributed by atoms with E-state index in [2.05, 4.69) is 9.88 Å². The van der Waals surface area contributed by atoms with Gasteiger partial charge in [-0.15, -0.1) is 0 Å². The van der Waals surface area contributed by atoms with Gasteiger partial charge in [0.1, 0.15) is 11.3 Å². The number of rotatable bonds is 8. The Labute approximate surface area is 179 Å². The summed E-state index contributed by atoms with van der Waals surface area (Å²) in [6.45, 7) is 7.70. The summed E-state index contributed by atoms with van der Waals surface area (Å²) in [7, 11) is 0. The van der Waals surface area contributed by atoms with Crippen LogP contribution in [-0.4, -0.2) is 41.4 Å². The summed E-state index contributed by atoms with van der Waals surface area (Å²) in [4.78, 5) is 49.1. The zero-order chi connectivity index (χ0) is 22.9. The molecule has 0 aliphatic heterocycles. The van der Waals surface area contributed by atoms with Crippen LogP contribution in [0.1, 0.15) is 81.0 Å². The van der Waals surface area contributed by atoms with Crippen molar-refractivity contribution in [3.8, 4) is 0 Å². The number of anilines is 1. The second-order valence-corrected chi connectivity index (χ2v) is 7.52. The van der Waals surface area contributed by atoms with Crippen LogP contribution in [0.5, 0.6) is 0 Å². The SMILES string of the molecule is CCOC(=O)c1c(NC(=O)COC(=O)c2cc(C)n(C3CC3)c2C)oc(C)c1C(C)=O. The fourth-order valence-electron chi connectivity index (χ4n) is 3.70. The van der Waals surface area contributed by atoms with Crippen LogP contribution in [0, 0.1) is 20.8 Å². The molecular weight excluding hydrogens is 404 g/mol. The molecule has 0 unspecified atom stereocenters. The van der Waals surface area contributed by atoms with Crippen molar-refractivity contribution in [2.45, 2.75) is 53.5 Å². The number of hydrogen-bond donors (Lipinski definition) is 1. The molecule has 0 spiro atoms. The van der Waals surface area contributed by atoms with Crippen LogP contribution >= 0.6 is 0 Å². The molecule has 9 nitrogen and oxygen atoms in total. The molecule has 1 aliphatic carbocycles. The third-order valence-corrected chi connectivity index (χ3v) is 5.12. The zero-order valence-electron chi connectivity index (χ0n) is 18.3. The van der Waals surface area contributed by atoms with Crippen molar-refractivity contribution < 1.29 is 33.1 Å². The van der Waals surface area contributed by atoms with Gasteiger partial charge in [-0.1, -0.05) is 0 Å². The highest BCUT2D eigenvalue weighted by Gasteiger charge is 2.30. The normalized spacial score (nSPS) is 13.1. The molecular formula is C22H26N2O7. The fourth-order valence-corrected chi connectivity index (χ4v) is 3.70. The molecule has 0 aromatic carbocycles. The van der Waals surface area contributed by atoms with E-state index in [-0.39, 0.29) is 29.4 Å². The Balaban J connectivity index is 1.71. The molecule has 0 saturated heterocycles. The summed E-state index contributed by atoms with van der Waals surface area (Å²) < 4.78 is 17.6. The van der Waals surface area contributed by atoms with Gasteiger partial charge in [-0.2, -0.15) is 0 Å². The van der Waals surface area contributed by atoms with Crippen molar-refractivity contribution in [2.24, 2.45) is 0 Å². The van der Waals surface area contributed by atoms with Crippen LogP contribution in [-0.2, 0) is 14.3 Å². The maximum atomic E-state index is 12.5. The van der Waals surface area contributed by atoms with Gasteiger partial charge in [-0.3, -0.25) is 14.9 Å². The molecule has 3 rings (SSSR count). The second kappa shape index (κ2) is 8.79. The minimum atomic E-state index is -0.788. The predicted octanol–water partition coefficient (Wildman–Crippen LogP) is 3.52. The first kappa shape index (κ1) is 22.3. The summed E-state index contributed by atoms with van der Waals surface area (Å²) in [5, 5.41) is 2.39. The summed E-state index contributed by atoms with van der Waals surface area (Å²) >= 11 is 0. The Hall–Kier alpha value is -3.36. The maximum absolute atomic E-state index is 12.5. The molecule has 2 aromatic heterocycles. The van der Waals surface area contributed by atoms with Gasteiger partial charge in [0.25, 0.3) is 5.91 Å². The number of aromatic nitrogens is 1. The van der Waals surface area contributed by atoms with Gasteiger partial charge in [0.2, 0.25) is 5.88 Å². The number of ketones is 1. The predicted molar refractivity (Wildman–Crippen MR) is 110 cm³/mol. The number of nitrogens with zero attached hydrogens (tertiary/aromatic N) is 1. The van der Waals surface area contributed by atoms with Crippen LogP contribution in [0.25, 0.3) is 0 Å². The molecule has 2 heterocycles. The van der Waals surface area contributed by atoms with Crippen molar-refractivity contribution in [3.63, 3.8) is 0 Å². The van der Waals surface area contributed by atoms with Crippen molar-refractivity contribution in [3.05, 3.63) is 39.9 Å². The number of nitrogens with one attached hydrogen (secondary N) is 1. The molecule has 166 valence electrons. The van der Waals surface area contributed by atoms with Crippen molar-refractivity contribution in [2.75, 3.05) is 18.5 Å². The van der Waals surface area contributed by atoms with Gasteiger partial charge in [0, 0.05) is 17.4 Å². The highest BCUT2D eigenvalue weighted by Crippen LogP contribution is 2.38.